The van der Waals surface area contributed by atoms with Crippen molar-refractivity contribution in [1.29, 1.82) is 0 Å². The van der Waals surface area contributed by atoms with Crippen LogP contribution in [0.25, 0.3) is 0 Å². The number of pyridine rings is 1. The van der Waals surface area contributed by atoms with Crippen LogP contribution in [0.15, 0.2) is 18.3 Å². The molecule has 0 bridgehead atoms. The first-order chi connectivity index (χ1) is 8.88. The molecular weight excluding hydrogens is 228 g/mol. The van der Waals surface area contributed by atoms with E-state index in [4.69, 9.17) is 9.47 Å². The molecule has 4 nitrogen and oxygen atoms in total. The van der Waals surface area contributed by atoms with Gasteiger partial charge >= 0.3 is 0 Å². The molecule has 0 saturated carbocycles. The maximum Gasteiger partial charge on any atom is 0.125 e. The lowest BCUT2D eigenvalue weighted by Crippen LogP contribution is -2.13. The normalized spacial score (nSPS) is 19.1. The Morgan fingerprint density at radius 1 is 1.50 bits per heavy atom. The van der Waals surface area contributed by atoms with Gasteiger partial charge in [0.05, 0.1) is 19.3 Å². The van der Waals surface area contributed by atoms with Crippen LogP contribution in [0.2, 0.25) is 0 Å². The number of ether oxygens (including phenoxy) is 2. The first-order valence-corrected chi connectivity index (χ1v) is 6.76. The average Bonchev–Trinajstić information content (AvgIpc) is 2.91. The summed E-state index contributed by atoms with van der Waals surface area (Å²) in [5.74, 6) is 0.930. The molecule has 2 rings (SSSR count). The summed E-state index contributed by atoms with van der Waals surface area (Å²) in [6.07, 6.45) is 5.55. The van der Waals surface area contributed by atoms with Gasteiger partial charge in [0.25, 0.3) is 0 Å². The molecule has 100 valence electrons. The number of hydrogen-bond donors (Lipinski definition) is 1. The Bertz CT molecular complexity index is 334. The first kappa shape index (κ1) is 13.3. The average molecular weight is 250 g/mol. The van der Waals surface area contributed by atoms with Gasteiger partial charge in [-0.3, -0.25) is 0 Å². The van der Waals surface area contributed by atoms with E-state index in [2.05, 4.69) is 23.3 Å². The molecule has 18 heavy (non-hydrogen) atoms. The van der Waals surface area contributed by atoms with Gasteiger partial charge in [-0.2, -0.15) is 0 Å². The highest BCUT2D eigenvalue weighted by Crippen LogP contribution is 2.13. The standard InChI is InChI=1S/C14H22N2O2/c1-2-7-15-14-6-5-12(9-16-14)10-17-11-13-4-3-8-18-13/h5-6,9,13H,2-4,7-8,10-11H2,1H3,(H,15,16). The van der Waals surface area contributed by atoms with Crippen LogP contribution in [0, 0.1) is 0 Å². The molecule has 0 spiro atoms. The molecule has 1 N–H and O–H groups in total. The lowest BCUT2D eigenvalue weighted by atomic mass is 10.2. The van der Waals surface area contributed by atoms with Crippen molar-refractivity contribution in [2.75, 3.05) is 25.1 Å². The Kier molecular flexibility index (Phi) is 5.42. The lowest BCUT2D eigenvalue weighted by molar-refractivity contribution is 0.0105. The predicted molar refractivity (Wildman–Crippen MR) is 71.6 cm³/mol. The quantitative estimate of drug-likeness (QED) is 0.808. The molecule has 4 heteroatoms. The van der Waals surface area contributed by atoms with Gasteiger partial charge in [0.15, 0.2) is 0 Å². The van der Waals surface area contributed by atoms with E-state index in [-0.39, 0.29) is 0 Å². The zero-order valence-electron chi connectivity index (χ0n) is 11.0. The third-order valence-electron chi connectivity index (χ3n) is 2.98. The summed E-state index contributed by atoms with van der Waals surface area (Å²) in [5, 5.41) is 3.25. The second-order valence-electron chi connectivity index (χ2n) is 4.63. The lowest BCUT2D eigenvalue weighted by Gasteiger charge is -2.10. The highest BCUT2D eigenvalue weighted by molar-refractivity contribution is 5.35. The Morgan fingerprint density at radius 2 is 2.44 bits per heavy atom. The third-order valence-corrected chi connectivity index (χ3v) is 2.98. The van der Waals surface area contributed by atoms with Gasteiger partial charge in [0, 0.05) is 19.3 Å². The molecule has 1 fully saturated rings. The van der Waals surface area contributed by atoms with Crippen molar-refractivity contribution in [3.63, 3.8) is 0 Å². The van der Waals surface area contributed by atoms with E-state index in [0.29, 0.717) is 19.3 Å². The smallest absolute Gasteiger partial charge is 0.125 e. The van der Waals surface area contributed by atoms with Gasteiger partial charge in [0.2, 0.25) is 0 Å². The van der Waals surface area contributed by atoms with Crippen LogP contribution in [-0.2, 0) is 16.1 Å². The van der Waals surface area contributed by atoms with Crippen LogP contribution in [0.5, 0.6) is 0 Å². The predicted octanol–water partition coefficient (Wildman–Crippen LogP) is 2.60. The summed E-state index contributed by atoms with van der Waals surface area (Å²) in [6.45, 7) is 5.28. The molecule has 1 unspecified atom stereocenters. The van der Waals surface area contributed by atoms with Crippen LogP contribution in [0.3, 0.4) is 0 Å². The highest BCUT2D eigenvalue weighted by atomic mass is 16.5. The van der Waals surface area contributed by atoms with Gasteiger partial charge < -0.3 is 14.8 Å². The fourth-order valence-electron chi connectivity index (χ4n) is 1.95. The minimum atomic E-state index is 0.295. The van der Waals surface area contributed by atoms with Crippen molar-refractivity contribution < 1.29 is 9.47 Å². The maximum atomic E-state index is 5.64. The van der Waals surface area contributed by atoms with Crippen LogP contribution < -0.4 is 5.32 Å². The number of hydrogen-bond acceptors (Lipinski definition) is 4. The number of nitrogens with zero attached hydrogens (tertiary/aromatic N) is 1. The van der Waals surface area contributed by atoms with E-state index in [9.17, 15) is 0 Å². The van der Waals surface area contributed by atoms with Gasteiger partial charge in [-0.25, -0.2) is 4.98 Å². The van der Waals surface area contributed by atoms with E-state index in [1.54, 1.807) is 0 Å². The summed E-state index contributed by atoms with van der Waals surface area (Å²) in [7, 11) is 0. The highest BCUT2D eigenvalue weighted by Gasteiger charge is 2.15. The van der Waals surface area contributed by atoms with Gasteiger partial charge in [0.1, 0.15) is 5.82 Å². The number of rotatable bonds is 7. The molecule has 1 aromatic heterocycles. The summed E-state index contributed by atoms with van der Waals surface area (Å²) < 4.78 is 11.1. The van der Waals surface area contributed by atoms with E-state index < -0.39 is 0 Å². The maximum absolute atomic E-state index is 5.64. The summed E-state index contributed by atoms with van der Waals surface area (Å²) in [4.78, 5) is 4.34. The zero-order chi connectivity index (χ0) is 12.6. The van der Waals surface area contributed by atoms with Crippen molar-refractivity contribution >= 4 is 5.82 Å². The SMILES string of the molecule is CCCNc1ccc(COCC2CCCO2)cn1. The van der Waals surface area contributed by atoms with Crippen LogP contribution in [-0.4, -0.2) is 30.8 Å². The van der Waals surface area contributed by atoms with Crippen LogP contribution >= 0.6 is 0 Å². The molecule has 1 aromatic rings. The van der Waals surface area contributed by atoms with Gasteiger partial charge in [-0.1, -0.05) is 13.0 Å². The van der Waals surface area contributed by atoms with E-state index in [1.165, 1.54) is 0 Å². The Labute approximate surface area is 109 Å². The number of anilines is 1. The van der Waals surface area contributed by atoms with Crippen molar-refractivity contribution in [2.45, 2.75) is 38.9 Å². The molecule has 1 aliphatic heterocycles. The molecule has 2 heterocycles. The number of nitrogens with one attached hydrogen (secondary N) is 1. The van der Waals surface area contributed by atoms with Crippen molar-refractivity contribution in [3.8, 4) is 0 Å². The fraction of sp³-hybridized carbons (Fsp3) is 0.643. The van der Waals surface area contributed by atoms with Crippen molar-refractivity contribution in [3.05, 3.63) is 23.9 Å². The molecule has 0 aliphatic carbocycles. The van der Waals surface area contributed by atoms with Crippen molar-refractivity contribution in [2.24, 2.45) is 0 Å². The Balaban J connectivity index is 1.68. The topological polar surface area (TPSA) is 43.4 Å². The monoisotopic (exact) mass is 250 g/mol. The molecule has 0 amide bonds. The molecule has 0 radical (unpaired) electrons. The number of aromatic nitrogens is 1. The zero-order valence-corrected chi connectivity index (χ0v) is 11.0. The minimum absolute atomic E-state index is 0.295. The van der Waals surface area contributed by atoms with Crippen molar-refractivity contribution in [1.82, 2.24) is 4.98 Å². The van der Waals surface area contributed by atoms with E-state index in [1.807, 2.05) is 12.3 Å². The van der Waals surface area contributed by atoms with Gasteiger partial charge in [-0.05, 0) is 30.9 Å². The molecule has 1 saturated heterocycles. The summed E-state index contributed by atoms with van der Waals surface area (Å²) in [6, 6.07) is 4.06. The largest absolute Gasteiger partial charge is 0.376 e. The summed E-state index contributed by atoms with van der Waals surface area (Å²) >= 11 is 0. The molecular formula is C14H22N2O2. The van der Waals surface area contributed by atoms with Crippen LogP contribution in [0.1, 0.15) is 31.7 Å². The molecule has 1 atom stereocenters. The second-order valence-corrected chi connectivity index (χ2v) is 4.63. The Hall–Kier alpha value is -1.13. The molecule has 0 aromatic carbocycles. The van der Waals surface area contributed by atoms with E-state index >= 15 is 0 Å². The molecule has 1 aliphatic rings. The summed E-state index contributed by atoms with van der Waals surface area (Å²) in [5.41, 5.74) is 1.11. The first-order valence-electron chi connectivity index (χ1n) is 6.76. The third kappa shape index (κ3) is 4.27. The van der Waals surface area contributed by atoms with Gasteiger partial charge in [-0.15, -0.1) is 0 Å². The van der Waals surface area contributed by atoms with E-state index in [0.717, 1.165) is 43.8 Å². The minimum Gasteiger partial charge on any atom is -0.376 e. The second kappa shape index (κ2) is 7.34. The Morgan fingerprint density at radius 3 is 3.11 bits per heavy atom. The van der Waals surface area contributed by atoms with Crippen LogP contribution in [0.4, 0.5) is 5.82 Å². The fourth-order valence-corrected chi connectivity index (χ4v) is 1.95.